The number of benzene rings is 3. The second-order valence-electron chi connectivity index (χ2n) is 7.16. The van der Waals surface area contributed by atoms with Crippen LogP contribution in [0.15, 0.2) is 78.9 Å². The number of non-ortho nitro benzene ring substituents is 1. The largest absolute Gasteiger partial charge is 0.478 e. The zero-order valence-corrected chi connectivity index (χ0v) is 16.5. The van der Waals surface area contributed by atoms with Crippen molar-refractivity contribution in [1.29, 1.82) is 0 Å². The molecule has 0 aromatic heterocycles. The number of carboxylic acids is 1. The molecule has 6 nitrogen and oxygen atoms in total. The Hall–Kier alpha value is -3.67. The molecule has 0 fully saturated rings. The molecule has 1 atom stereocenters. The number of nitro benzene ring substituents is 1. The fourth-order valence-electron chi connectivity index (χ4n) is 3.41. The number of aromatic carboxylic acids is 1. The van der Waals surface area contributed by atoms with Crippen molar-refractivity contribution >= 4 is 17.3 Å². The molecule has 3 aromatic carbocycles. The van der Waals surface area contributed by atoms with Crippen LogP contribution < -0.4 is 5.32 Å². The fourth-order valence-corrected chi connectivity index (χ4v) is 3.41. The van der Waals surface area contributed by atoms with Crippen LogP contribution in [0.2, 0.25) is 0 Å². The SMILES string of the molecule is O=C(O)c1ccc(NC(CCCCc2ccccc2)c2cccc([N+](=O)[O-])c2)cc1. The van der Waals surface area contributed by atoms with Crippen molar-refractivity contribution in [2.24, 2.45) is 0 Å². The summed E-state index contributed by atoms with van der Waals surface area (Å²) in [5.41, 5.74) is 3.19. The average molecular weight is 404 g/mol. The normalized spacial score (nSPS) is 11.6. The van der Waals surface area contributed by atoms with Gasteiger partial charge in [-0.05, 0) is 54.7 Å². The molecule has 3 aromatic rings. The topological polar surface area (TPSA) is 92.5 Å². The van der Waals surface area contributed by atoms with Gasteiger partial charge in [-0.2, -0.15) is 0 Å². The maximum atomic E-state index is 11.2. The third-order valence-corrected chi connectivity index (χ3v) is 5.01. The molecule has 0 amide bonds. The number of aryl methyl sites for hydroxylation is 1. The van der Waals surface area contributed by atoms with E-state index in [2.05, 4.69) is 17.4 Å². The summed E-state index contributed by atoms with van der Waals surface area (Å²) >= 11 is 0. The van der Waals surface area contributed by atoms with Gasteiger partial charge in [-0.25, -0.2) is 4.79 Å². The third-order valence-electron chi connectivity index (χ3n) is 5.01. The lowest BCUT2D eigenvalue weighted by Gasteiger charge is -2.21. The number of nitrogens with one attached hydrogen (secondary N) is 1. The van der Waals surface area contributed by atoms with Gasteiger partial charge in [0.05, 0.1) is 16.5 Å². The second kappa shape index (κ2) is 10.2. The maximum Gasteiger partial charge on any atom is 0.335 e. The summed E-state index contributed by atoms with van der Waals surface area (Å²) in [4.78, 5) is 21.9. The highest BCUT2D eigenvalue weighted by atomic mass is 16.6. The molecule has 1 unspecified atom stereocenters. The van der Waals surface area contributed by atoms with Crippen molar-refractivity contribution in [3.05, 3.63) is 106 Å². The van der Waals surface area contributed by atoms with E-state index in [1.165, 1.54) is 11.6 Å². The lowest BCUT2D eigenvalue weighted by Crippen LogP contribution is -2.11. The van der Waals surface area contributed by atoms with Gasteiger partial charge in [-0.1, -0.05) is 48.9 Å². The summed E-state index contributed by atoms with van der Waals surface area (Å²) in [6.07, 6.45) is 3.74. The van der Waals surface area contributed by atoms with Crippen LogP contribution in [0.4, 0.5) is 11.4 Å². The van der Waals surface area contributed by atoms with Crippen LogP contribution in [0.1, 0.15) is 46.8 Å². The van der Waals surface area contributed by atoms with E-state index >= 15 is 0 Å². The first kappa shape index (κ1) is 21.0. The summed E-state index contributed by atoms with van der Waals surface area (Å²) in [5, 5.41) is 23.7. The van der Waals surface area contributed by atoms with Gasteiger partial charge in [0, 0.05) is 17.8 Å². The molecule has 0 heterocycles. The van der Waals surface area contributed by atoms with Gasteiger partial charge in [0.25, 0.3) is 5.69 Å². The van der Waals surface area contributed by atoms with Crippen molar-refractivity contribution in [3.63, 3.8) is 0 Å². The number of hydrogen-bond acceptors (Lipinski definition) is 4. The lowest BCUT2D eigenvalue weighted by molar-refractivity contribution is -0.384. The van der Waals surface area contributed by atoms with Crippen LogP contribution in [-0.4, -0.2) is 16.0 Å². The van der Waals surface area contributed by atoms with E-state index in [0.717, 1.165) is 36.9 Å². The lowest BCUT2D eigenvalue weighted by atomic mass is 9.98. The molecule has 0 radical (unpaired) electrons. The summed E-state index contributed by atoms with van der Waals surface area (Å²) in [5.74, 6) is -0.974. The monoisotopic (exact) mass is 404 g/mol. The van der Waals surface area contributed by atoms with Gasteiger partial charge in [0.1, 0.15) is 0 Å². The number of carboxylic acid groups (broad SMARTS) is 1. The van der Waals surface area contributed by atoms with Crippen LogP contribution in [-0.2, 0) is 6.42 Å². The van der Waals surface area contributed by atoms with Crippen LogP contribution in [0.5, 0.6) is 0 Å². The number of carbonyl (C=O) groups is 1. The minimum Gasteiger partial charge on any atom is -0.478 e. The Morgan fingerprint density at radius 1 is 0.967 bits per heavy atom. The predicted molar refractivity (Wildman–Crippen MR) is 117 cm³/mol. The van der Waals surface area contributed by atoms with Crippen molar-refractivity contribution in [3.8, 4) is 0 Å². The Labute approximate surface area is 175 Å². The van der Waals surface area contributed by atoms with E-state index < -0.39 is 10.9 Å². The Kier molecular flexibility index (Phi) is 7.16. The van der Waals surface area contributed by atoms with Crippen LogP contribution in [0.25, 0.3) is 0 Å². The van der Waals surface area contributed by atoms with Gasteiger partial charge in [0.15, 0.2) is 0 Å². The molecule has 2 N–H and O–H groups in total. The molecule has 0 spiro atoms. The number of hydrogen-bond donors (Lipinski definition) is 2. The van der Waals surface area contributed by atoms with Crippen molar-refractivity contribution < 1.29 is 14.8 Å². The van der Waals surface area contributed by atoms with E-state index in [4.69, 9.17) is 5.11 Å². The molecule has 0 saturated carbocycles. The minimum atomic E-state index is -0.974. The predicted octanol–water partition coefficient (Wildman–Crippen LogP) is 5.86. The number of unbranched alkanes of at least 4 members (excludes halogenated alkanes) is 1. The van der Waals surface area contributed by atoms with Gasteiger partial charge in [-0.3, -0.25) is 10.1 Å². The quantitative estimate of drug-likeness (QED) is 0.251. The summed E-state index contributed by atoms with van der Waals surface area (Å²) in [6.45, 7) is 0. The number of nitrogens with zero attached hydrogens (tertiary/aromatic N) is 1. The molecule has 0 aliphatic rings. The zero-order valence-electron chi connectivity index (χ0n) is 16.5. The molecule has 0 bridgehead atoms. The molecule has 3 rings (SSSR count). The Bertz CT molecular complexity index is 988. The molecule has 30 heavy (non-hydrogen) atoms. The van der Waals surface area contributed by atoms with E-state index in [-0.39, 0.29) is 17.3 Å². The van der Waals surface area contributed by atoms with Gasteiger partial charge in [0.2, 0.25) is 0 Å². The molecule has 0 aliphatic heterocycles. The summed E-state index contributed by atoms with van der Waals surface area (Å²) in [6, 6.07) is 23.4. The second-order valence-corrected chi connectivity index (χ2v) is 7.16. The summed E-state index contributed by atoms with van der Waals surface area (Å²) < 4.78 is 0. The van der Waals surface area contributed by atoms with Gasteiger partial charge in [-0.15, -0.1) is 0 Å². The van der Waals surface area contributed by atoms with Crippen LogP contribution in [0.3, 0.4) is 0 Å². The van der Waals surface area contributed by atoms with E-state index in [1.807, 2.05) is 24.3 Å². The zero-order chi connectivity index (χ0) is 21.3. The molecule has 154 valence electrons. The molecular weight excluding hydrogens is 380 g/mol. The first-order valence-corrected chi connectivity index (χ1v) is 9.91. The number of nitro groups is 1. The van der Waals surface area contributed by atoms with Gasteiger partial charge < -0.3 is 10.4 Å². The van der Waals surface area contributed by atoms with E-state index in [9.17, 15) is 14.9 Å². The van der Waals surface area contributed by atoms with Crippen LogP contribution >= 0.6 is 0 Å². The standard InChI is InChI=1S/C24H24N2O4/c27-24(28)19-13-15-21(16-14-19)25-23(20-10-6-11-22(17-20)26(29)30)12-5-4-9-18-7-2-1-3-8-18/h1-3,6-8,10-11,13-17,23,25H,4-5,9,12H2,(H,27,28). The van der Waals surface area contributed by atoms with E-state index in [1.54, 1.807) is 36.4 Å². The first-order chi connectivity index (χ1) is 14.5. The molecule has 6 heteroatoms. The Morgan fingerprint density at radius 3 is 2.37 bits per heavy atom. The highest BCUT2D eigenvalue weighted by Gasteiger charge is 2.15. The molecular formula is C24H24N2O4. The summed E-state index contributed by atoms with van der Waals surface area (Å²) in [7, 11) is 0. The number of anilines is 1. The number of rotatable bonds is 10. The highest BCUT2D eigenvalue weighted by Crippen LogP contribution is 2.28. The molecule has 0 saturated heterocycles. The fraction of sp³-hybridized carbons (Fsp3) is 0.208. The smallest absolute Gasteiger partial charge is 0.335 e. The van der Waals surface area contributed by atoms with Gasteiger partial charge >= 0.3 is 5.97 Å². The van der Waals surface area contributed by atoms with Crippen molar-refractivity contribution in [1.82, 2.24) is 0 Å². The third kappa shape index (κ3) is 5.91. The van der Waals surface area contributed by atoms with Crippen LogP contribution in [0, 0.1) is 10.1 Å². The van der Waals surface area contributed by atoms with Crippen molar-refractivity contribution in [2.75, 3.05) is 5.32 Å². The minimum absolute atomic E-state index is 0.0600. The highest BCUT2D eigenvalue weighted by molar-refractivity contribution is 5.88. The first-order valence-electron chi connectivity index (χ1n) is 9.91. The van der Waals surface area contributed by atoms with E-state index in [0.29, 0.717) is 0 Å². The Balaban J connectivity index is 1.71. The molecule has 0 aliphatic carbocycles. The van der Waals surface area contributed by atoms with Crippen molar-refractivity contribution in [2.45, 2.75) is 31.7 Å². The average Bonchev–Trinajstić information content (AvgIpc) is 2.77. The Morgan fingerprint density at radius 2 is 1.70 bits per heavy atom. The maximum absolute atomic E-state index is 11.2.